The topological polar surface area (TPSA) is 121 Å². The third-order valence-corrected chi connectivity index (χ3v) is 1.90. The Kier molecular flexibility index (Phi) is 4.58. The number of hydrogen-bond acceptors (Lipinski definition) is 6. The van der Waals surface area contributed by atoms with Crippen molar-refractivity contribution in [2.24, 2.45) is 0 Å². The second-order valence-electron chi connectivity index (χ2n) is 3.48. The van der Waals surface area contributed by atoms with E-state index in [-0.39, 0.29) is 0 Å². The van der Waals surface area contributed by atoms with Crippen molar-refractivity contribution >= 4 is 17.7 Å². The number of carboxylic acids is 1. The van der Waals surface area contributed by atoms with Crippen LogP contribution in [0.4, 0.5) is 0 Å². The third-order valence-electron chi connectivity index (χ3n) is 1.90. The van der Waals surface area contributed by atoms with E-state index in [0.717, 1.165) is 20.8 Å². The molecule has 0 aromatic heterocycles. The molecule has 0 spiro atoms. The largest absolute Gasteiger partial charge is 0.478 e. The molecule has 0 saturated carbocycles. The fourth-order valence-electron chi connectivity index (χ4n) is 0.884. The predicted molar refractivity (Wildman–Crippen MR) is 50.5 cm³/mol. The van der Waals surface area contributed by atoms with Crippen LogP contribution in [0.25, 0.3) is 0 Å². The maximum atomic E-state index is 11.4. The van der Waals surface area contributed by atoms with Gasteiger partial charge in [0.1, 0.15) is 12.2 Å². The Bertz CT molecular complexity index is 307. The van der Waals surface area contributed by atoms with Crippen molar-refractivity contribution < 1.29 is 34.4 Å². The molecular weight excluding hydrogens is 220 g/mol. The van der Waals surface area contributed by atoms with Crippen LogP contribution in [0.3, 0.4) is 0 Å². The first-order valence-electron chi connectivity index (χ1n) is 4.49. The number of aliphatic hydroxyl groups excluding tert-OH is 2. The van der Waals surface area contributed by atoms with E-state index >= 15 is 0 Å². The highest BCUT2D eigenvalue weighted by atomic mass is 16.6. The highest BCUT2D eigenvalue weighted by Gasteiger charge is 2.47. The van der Waals surface area contributed by atoms with Crippen molar-refractivity contribution in [1.29, 1.82) is 0 Å². The summed E-state index contributed by atoms with van der Waals surface area (Å²) in [7, 11) is 0. The zero-order valence-corrected chi connectivity index (χ0v) is 9.13. The van der Waals surface area contributed by atoms with Gasteiger partial charge in [0.2, 0.25) is 5.78 Å². The van der Waals surface area contributed by atoms with Gasteiger partial charge in [0.15, 0.2) is 0 Å². The molecule has 0 rings (SSSR count). The van der Waals surface area contributed by atoms with Gasteiger partial charge >= 0.3 is 11.9 Å². The van der Waals surface area contributed by atoms with Gasteiger partial charge in [-0.15, -0.1) is 0 Å². The molecule has 0 amide bonds. The average Bonchev–Trinajstić information content (AvgIpc) is 2.15. The molecule has 0 saturated heterocycles. The van der Waals surface area contributed by atoms with Gasteiger partial charge in [-0.05, 0) is 20.8 Å². The summed E-state index contributed by atoms with van der Waals surface area (Å²) in [5.74, 6) is -4.14. The zero-order chi connectivity index (χ0) is 13.1. The number of esters is 1. The molecule has 0 fully saturated rings. The summed E-state index contributed by atoms with van der Waals surface area (Å²) in [6.07, 6.45) is -3.15. The van der Waals surface area contributed by atoms with Crippen LogP contribution >= 0.6 is 0 Å². The summed E-state index contributed by atoms with van der Waals surface area (Å²) in [5.41, 5.74) is -2.50. The van der Waals surface area contributed by atoms with Crippen LogP contribution in [0, 0.1) is 0 Å². The van der Waals surface area contributed by atoms with Gasteiger partial charge < -0.3 is 20.1 Å². The highest BCUT2D eigenvalue weighted by Crippen LogP contribution is 2.16. The highest BCUT2D eigenvalue weighted by molar-refractivity contribution is 6.09. The molecule has 7 heteroatoms. The molecule has 0 aromatic carbocycles. The summed E-state index contributed by atoms with van der Waals surface area (Å²) in [6.45, 7) is 2.96. The lowest BCUT2D eigenvalue weighted by Crippen LogP contribution is -2.52. The summed E-state index contributed by atoms with van der Waals surface area (Å²) in [6, 6.07) is 0. The van der Waals surface area contributed by atoms with Gasteiger partial charge in [-0.2, -0.15) is 0 Å². The fourth-order valence-corrected chi connectivity index (χ4v) is 0.884. The van der Waals surface area contributed by atoms with Crippen molar-refractivity contribution in [3.8, 4) is 0 Å². The molecule has 0 aromatic rings. The SMILES string of the molecule is CC(O)C(=O)OC(C)(C(=O)O)C(=O)C(C)O. The van der Waals surface area contributed by atoms with E-state index in [2.05, 4.69) is 4.74 Å². The van der Waals surface area contributed by atoms with Gasteiger partial charge in [0, 0.05) is 0 Å². The van der Waals surface area contributed by atoms with Gasteiger partial charge in [-0.1, -0.05) is 0 Å². The number of ketones is 1. The number of Topliss-reactive ketones (excluding diaryl/α,β-unsaturated/α-hetero) is 1. The molecular formula is C9H14O7. The van der Waals surface area contributed by atoms with Crippen molar-refractivity contribution in [3.63, 3.8) is 0 Å². The minimum absolute atomic E-state index is 0.838. The number of rotatable bonds is 5. The summed E-state index contributed by atoms with van der Waals surface area (Å²) < 4.78 is 4.39. The quantitative estimate of drug-likeness (QED) is 0.399. The van der Waals surface area contributed by atoms with Gasteiger partial charge in [-0.25, -0.2) is 9.59 Å². The molecule has 3 unspecified atom stereocenters. The van der Waals surface area contributed by atoms with E-state index < -0.39 is 35.5 Å². The first-order valence-corrected chi connectivity index (χ1v) is 4.49. The number of carbonyl (C=O) groups excluding carboxylic acids is 2. The number of aliphatic carboxylic acids is 1. The molecule has 16 heavy (non-hydrogen) atoms. The smallest absolute Gasteiger partial charge is 0.355 e. The van der Waals surface area contributed by atoms with Crippen molar-refractivity contribution in [3.05, 3.63) is 0 Å². The molecule has 3 atom stereocenters. The normalized spacial score (nSPS) is 18.1. The summed E-state index contributed by atoms with van der Waals surface area (Å²) >= 11 is 0. The molecule has 7 nitrogen and oxygen atoms in total. The van der Waals surface area contributed by atoms with Crippen LogP contribution in [0.5, 0.6) is 0 Å². The Balaban J connectivity index is 5.07. The van der Waals surface area contributed by atoms with Crippen LogP contribution in [-0.4, -0.2) is 50.9 Å². The second kappa shape index (κ2) is 5.04. The zero-order valence-electron chi connectivity index (χ0n) is 9.13. The minimum atomic E-state index is -2.50. The molecule has 0 heterocycles. The Morgan fingerprint density at radius 1 is 1.12 bits per heavy atom. The third kappa shape index (κ3) is 3.01. The first kappa shape index (κ1) is 14.5. The Morgan fingerprint density at radius 2 is 1.56 bits per heavy atom. The molecule has 0 aliphatic rings. The van der Waals surface area contributed by atoms with E-state index in [9.17, 15) is 14.4 Å². The molecule has 0 aliphatic heterocycles. The van der Waals surface area contributed by atoms with Crippen LogP contribution in [0.2, 0.25) is 0 Å². The average molecular weight is 234 g/mol. The Morgan fingerprint density at radius 3 is 1.81 bits per heavy atom. The number of ether oxygens (including phenoxy) is 1. The predicted octanol–water partition coefficient (Wildman–Crippen LogP) is -1.30. The van der Waals surface area contributed by atoms with Crippen molar-refractivity contribution in [1.82, 2.24) is 0 Å². The number of carboxylic acid groups (broad SMARTS) is 1. The van der Waals surface area contributed by atoms with Crippen LogP contribution in [0.15, 0.2) is 0 Å². The standard InChI is InChI=1S/C9H14O7/c1-4(10)6(12)9(3,8(14)15)16-7(13)5(2)11/h4-5,10-11H,1-3H3,(H,14,15). The lowest BCUT2D eigenvalue weighted by molar-refractivity contribution is -0.187. The first-order chi connectivity index (χ1) is 7.12. The molecule has 0 aliphatic carbocycles. The maximum Gasteiger partial charge on any atom is 0.355 e. The van der Waals surface area contributed by atoms with Crippen LogP contribution < -0.4 is 0 Å². The molecule has 0 bridgehead atoms. The van der Waals surface area contributed by atoms with Gasteiger partial charge in [0.25, 0.3) is 5.60 Å². The van der Waals surface area contributed by atoms with Gasteiger partial charge in [0.05, 0.1) is 0 Å². The molecule has 0 radical (unpaired) electrons. The molecule has 3 N–H and O–H groups in total. The minimum Gasteiger partial charge on any atom is -0.478 e. The van der Waals surface area contributed by atoms with Crippen molar-refractivity contribution in [2.45, 2.75) is 38.6 Å². The summed E-state index contributed by atoms with van der Waals surface area (Å²) in [4.78, 5) is 33.2. The number of carbonyl (C=O) groups is 3. The number of hydrogen-bond donors (Lipinski definition) is 3. The summed E-state index contributed by atoms with van der Waals surface area (Å²) in [5, 5.41) is 26.6. The number of aliphatic hydroxyl groups is 2. The van der Waals surface area contributed by atoms with E-state index in [1.807, 2.05) is 0 Å². The lowest BCUT2D eigenvalue weighted by Gasteiger charge is -2.25. The van der Waals surface area contributed by atoms with E-state index in [1.54, 1.807) is 0 Å². The Labute approximate surface area is 91.6 Å². The second-order valence-corrected chi connectivity index (χ2v) is 3.48. The lowest BCUT2D eigenvalue weighted by atomic mass is 9.97. The van der Waals surface area contributed by atoms with E-state index in [1.165, 1.54) is 0 Å². The maximum absolute atomic E-state index is 11.4. The fraction of sp³-hybridized carbons (Fsp3) is 0.667. The molecule has 92 valence electrons. The van der Waals surface area contributed by atoms with Crippen LogP contribution in [0.1, 0.15) is 20.8 Å². The van der Waals surface area contributed by atoms with Gasteiger partial charge in [-0.3, -0.25) is 4.79 Å². The van der Waals surface area contributed by atoms with Crippen LogP contribution in [-0.2, 0) is 19.1 Å². The van der Waals surface area contributed by atoms with Crippen molar-refractivity contribution in [2.75, 3.05) is 0 Å². The Hall–Kier alpha value is -1.47. The monoisotopic (exact) mass is 234 g/mol. The van der Waals surface area contributed by atoms with E-state index in [4.69, 9.17) is 15.3 Å². The van der Waals surface area contributed by atoms with E-state index in [0.29, 0.717) is 0 Å².